The monoisotopic (exact) mass is 261 g/mol. The Morgan fingerprint density at radius 3 is 2.53 bits per heavy atom. The standard InChI is InChI=1S/C8H7NO5.Zn/c1-14-7-3-2-5(9(12)13)4-6(7)8(10)11;/h2-4H,1H3,(H,10,11);. The van der Waals surface area contributed by atoms with Crippen molar-refractivity contribution < 1.29 is 39.0 Å². The zero-order valence-corrected chi connectivity index (χ0v) is 10.9. The van der Waals surface area contributed by atoms with Crippen LogP contribution >= 0.6 is 0 Å². The van der Waals surface area contributed by atoms with Gasteiger partial charge >= 0.3 is 5.97 Å². The molecule has 0 bridgehead atoms. The molecule has 6 nitrogen and oxygen atoms in total. The number of nitrogens with zero attached hydrogens (tertiary/aromatic N) is 1. The smallest absolute Gasteiger partial charge is 0.339 e. The number of aromatic carboxylic acids is 1. The first kappa shape index (κ1) is 13.5. The number of carboxylic acid groups (broad SMARTS) is 1. The van der Waals surface area contributed by atoms with E-state index >= 15 is 0 Å². The molecule has 1 aromatic rings. The van der Waals surface area contributed by atoms with Gasteiger partial charge in [0.25, 0.3) is 5.69 Å². The third-order valence-corrected chi connectivity index (χ3v) is 1.62. The molecule has 0 radical (unpaired) electrons. The number of non-ortho nitro benzene ring substituents is 1. The molecule has 0 aliphatic rings. The predicted molar refractivity (Wildman–Crippen MR) is 46.6 cm³/mol. The summed E-state index contributed by atoms with van der Waals surface area (Å²) in [5.74, 6) is -1.16. The maximum Gasteiger partial charge on any atom is 0.339 e. The van der Waals surface area contributed by atoms with Crippen LogP contribution in [0, 0.1) is 10.1 Å². The molecule has 0 spiro atoms. The van der Waals surface area contributed by atoms with Crippen molar-refractivity contribution in [2.24, 2.45) is 0 Å². The van der Waals surface area contributed by atoms with E-state index in [2.05, 4.69) is 0 Å². The number of rotatable bonds is 3. The quantitative estimate of drug-likeness (QED) is 0.504. The van der Waals surface area contributed by atoms with Gasteiger partial charge in [-0.3, -0.25) is 10.1 Å². The minimum Gasteiger partial charge on any atom is -0.496 e. The Bertz CT molecular complexity index is 393. The van der Waals surface area contributed by atoms with Gasteiger partial charge in [0.1, 0.15) is 11.3 Å². The van der Waals surface area contributed by atoms with Crippen LogP contribution in [0.1, 0.15) is 10.4 Å². The maximum absolute atomic E-state index is 10.7. The van der Waals surface area contributed by atoms with E-state index in [4.69, 9.17) is 9.84 Å². The van der Waals surface area contributed by atoms with Gasteiger partial charge in [0.2, 0.25) is 0 Å². The molecule has 0 atom stereocenters. The Hall–Kier alpha value is -1.49. The number of methoxy groups -OCH3 is 1. The Balaban J connectivity index is 0.00000196. The van der Waals surface area contributed by atoms with Crippen molar-refractivity contribution >= 4 is 11.7 Å². The number of carbonyl (C=O) groups is 1. The number of hydrogen-bond donors (Lipinski definition) is 1. The summed E-state index contributed by atoms with van der Waals surface area (Å²) in [7, 11) is 1.30. The largest absolute Gasteiger partial charge is 0.496 e. The van der Waals surface area contributed by atoms with Gasteiger partial charge < -0.3 is 9.84 Å². The van der Waals surface area contributed by atoms with E-state index in [1.807, 2.05) is 0 Å². The van der Waals surface area contributed by atoms with Gasteiger partial charge in [-0.1, -0.05) is 0 Å². The first-order chi connectivity index (χ1) is 6.56. The van der Waals surface area contributed by atoms with Crippen molar-refractivity contribution in [3.8, 4) is 5.75 Å². The minimum absolute atomic E-state index is 0. The van der Waals surface area contributed by atoms with Crippen LogP contribution in [0.25, 0.3) is 0 Å². The normalized spacial score (nSPS) is 8.87. The Kier molecular flexibility index (Phi) is 4.87. The second-order valence-electron chi connectivity index (χ2n) is 2.45. The Labute approximate surface area is 97.8 Å². The molecule has 1 rings (SSSR count). The molecule has 0 heterocycles. The van der Waals surface area contributed by atoms with Gasteiger partial charge in [0.15, 0.2) is 0 Å². The zero-order chi connectivity index (χ0) is 10.7. The van der Waals surface area contributed by atoms with E-state index < -0.39 is 10.9 Å². The van der Waals surface area contributed by atoms with Gasteiger partial charge in [0.05, 0.1) is 12.0 Å². The van der Waals surface area contributed by atoms with Gasteiger partial charge in [-0.25, -0.2) is 4.79 Å². The fourth-order valence-electron chi connectivity index (χ4n) is 0.977. The van der Waals surface area contributed by atoms with Crippen LogP contribution in [0.3, 0.4) is 0 Å². The van der Waals surface area contributed by atoms with Crippen LogP contribution in [-0.2, 0) is 19.5 Å². The number of ether oxygens (including phenoxy) is 1. The van der Waals surface area contributed by atoms with E-state index in [-0.39, 0.29) is 36.5 Å². The Morgan fingerprint density at radius 2 is 2.13 bits per heavy atom. The number of hydrogen-bond acceptors (Lipinski definition) is 4. The molecule has 0 aliphatic carbocycles. The first-order valence-electron chi connectivity index (χ1n) is 3.62. The molecular weight excluding hydrogens is 255 g/mol. The van der Waals surface area contributed by atoms with Crippen molar-refractivity contribution in [3.63, 3.8) is 0 Å². The van der Waals surface area contributed by atoms with Gasteiger partial charge in [-0.2, -0.15) is 0 Å². The van der Waals surface area contributed by atoms with Crippen LogP contribution in [-0.4, -0.2) is 23.1 Å². The van der Waals surface area contributed by atoms with E-state index in [0.717, 1.165) is 6.07 Å². The molecule has 76 valence electrons. The maximum atomic E-state index is 10.7. The molecule has 7 heteroatoms. The fourth-order valence-corrected chi connectivity index (χ4v) is 0.977. The van der Waals surface area contributed by atoms with Crippen molar-refractivity contribution in [2.75, 3.05) is 7.11 Å². The summed E-state index contributed by atoms with van der Waals surface area (Å²) in [6.07, 6.45) is 0. The average Bonchev–Trinajstić information content (AvgIpc) is 2.16. The molecular formula is C8H7NO5Zn. The summed E-state index contributed by atoms with van der Waals surface area (Å²) in [4.78, 5) is 20.3. The SMILES string of the molecule is COc1ccc([N+](=O)[O-])cc1C(=O)O.[Zn]. The van der Waals surface area contributed by atoms with E-state index in [0.29, 0.717) is 0 Å². The van der Waals surface area contributed by atoms with E-state index in [9.17, 15) is 14.9 Å². The molecule has 0 aliphatic heterocycles. The Morgan fingerprint density at radius 1 is 1.53 bits per heavy atom. The second kappa shape index (κ2) is 5.41. The number of nitro groups is 1. The van der Waals surface area contributed by atoms with Crippen LogP contribution in [0.2, 0.25) is 0 Å². The second-order valence-corrected chi connectivity index (χ2v) is 2.45. The minimum atomic E-state index is -1.26. The molecule has 0 unspecified atom stereocenters. The molecule has 15 heavy (non-hydrogen) atoms. The summed E-state index contributed by atoms with van der Waals surface area (Å²) in [6.45, 7) is 0. The fraction of sp³-hybridized carbons (Fsp3) is 0.125. The van der Waals surface area contributed by atoms with Crippen molar-refractivity contribution in [3.05, 3.63) is 33.9 Å². The molecule has 0 saturated heterocycles. The molecule has 0 amide bonds. The van der Waals surface area contributed by atoms with Crippen molar-refractivity contribution in [1.82, 2.24) is 0 Å². The zero-order valence-electron chi connectivity index (χ0n) is 7.97. The summed E-state index contributed by atoms with van der Waals surface area (Å²) in [6, 6.07) is 3.40. The third kappa shape index (κ3) is 2.99. The van der Waals surface area contributed by atoms with Gasteiger partial charge in [-0.15, -0.1) is 0 Å². The molecule has 0 fully saturated rings. The molecule has 1 N–H and O–H groups in total. The predicted octanol–water partition coefficient (Wildman–Crippen LogP) is 1.30. The summed E-state index contributed by atoms with van der Waals surface area (Å²) < 4.78 is 4.74. The first-order valence-corrected chi connectivity index (χ1v) is 3.62. The van der Waals surface area contributed by atoms with Gasteiger partial charge in [-0.05, 0) is 6.07 Å². The van der Waals surface area contributed by atoms with Crippen LogP contribution in [0.15, 0.2) is 18.2 Å². The number of benzene rings is 1. The summed E-state index contributed by atoms with van der Waals surface area (Å²) >= 11 is 0. The van der Waals surface area contributed by atoms with Crippen LogP contribution < -0.4 is 4.74 Å². The van der Waals surface area contributed by atoms with Gasteiger partial charge in [0, 0.05) is 31.6 Å². The van der Waals surface area contributed by atoms with Crippen molar-refractivity contribution in [2.45, 2.75) is 0 Å². The van der Waals surface area contributed by atoms with Crippen molar-refractivity contribution in [1.29, 1.82) is 0 Å². The number of carboxylic acids is 1. The molecule has 0 aromatic heterocycles. The topological polar surface area (TPSA) is 89.7 Å². The van der Waals surface area contributed by atoms with Crippen LogP contribution in [0.4, 0.5) is 5.69 Å². The summed E-state index contributed by atoms with van der Waals surface area (Å²) in [5, 5.41) is 19.0. The van der Waals surface area contributed by atoms with Crippen LogP contribution in [0.5, 0.6) is 5.75 Å². The molecule has 1 aromatic carbocycles. The summed E-state index contributed by atoms with van der Waals surface area (Å²) in [5.41, 5.74) is -0.495. The third-order valence-electron chi connectivity index (χ3n) is 1.62. The number of nitro benzene ring substituents is 1. The average molecular weight is 263 g/mol. The van der Waals surface area contributed by atoms with E-state index in [1.165, 1.54) is 19.2 Å². The molecule has 0 saturated carbocycles. The van der Waals surface area contributed by atoms with E-state index in [1.54, 1.807) is 0 Å².